The van der Waals surface area contributed by atoms with Crippen LogP contribution in [0.2, 0.25) is 0 Å². The summed E-state index contributed by atoms with van der Waals surface area (Å²) in [6, 6.07) is 8.58. The minimum absolute atomic E-state index is 0.714. The average molecular weight is 290 g/mol. The molecule has 0 amide bonds. The van der Waals surface area contributed by atoms with E-state index in [9.17, 15) is 0 Å². The van der Waals surface area contributed by atoms with Gasteiger partial charge in [-0.15, -0.1) is 0 Å². The van der Waals surface area contributed by atoms with Crippen LogP contribution in [0.25, 0.3) is 0 Å². The van der Waals surface area contributed by atoms with Gasteiger partial charge in [0.25, 0.3) is 0 Å². The SMILES string of the molecule is CCC1C2CNCC2CN1CCOc1ccccc1OC. The van der Waals surface area contributed by atoms with Gasteiger partial charge in [-0.25, -0.2) is 0 Å². The molecular weight excluding hydrogens is 264 g/mol. The number of hydrogen-bond acceptors (Lipinski definition) is 4. The third-order valence-electron chi connectivity index (χ3n) is 4.95. The Hall–Kier alpha value is -1.26. The Labute approximate surface area is 127 Å². The fraction of sp³-hybridized carbons (Fsp3) is 0.647. The second-order valence-corrected chi connectivity index (χ2v) is 6.05. The van der Waals surface area contributed by atoms with Gasteiger partial charge in [-0.2, -0.15) is 0 Å². The lowest BCUT2D eigenvalue weighted by Crippen LogP contribution is -2.37. The third kappa shape index (κ3) is 3.01. The Bertz CT molecular complexity index is 466. The van der Waals surface area contributed by atoms with E-state index in [-0.39, 0.29) is 0 Å². The molecule has 4 heteroatoms. The Kier molecular flexibility index (Phi) is 4.66. The molecule has 0 radical (unpaired) electrons. The van der Waals surface area contributed by atoms with Crippen molar-refractivity contribution in [3.05, 3.63) is 24.3 Å². The maximum Gasteiger partial charge on any atom is 0.161 e. The monoisotopic (exact) mass is 290 g/mol. The van der Waals surface area contributed by atoms with Crippen LogP contribution < -0.4 is 14.8 Å². The first-order chi connectivity index (χ1) is 10.3. The number of hydrogen-bond donors (Lipinski definition) is 1. The van der Waals surface area contributed by atoms with Crippen molar-refractivity contribution in [1.82, 2.24) is 10.2 Å². The molecule has 2 aliphatic rings. The summed E-state index contributed by atoms with van der Waals surface area (Å²) in [5.74, 6) is 3.32. The van der Waals surface area contributed by atoms with Crippen molar-refractivity contribution in [2.24, 2.45) is 11.8 Å². The molecule has 1 aromatic carbocycles. The molecule has 2 aliphatic heterocycles. The van der Waals surface area contributed by atoms with Gasteiger partial charge in [-0.05, 0) is 43.5 Å². The minimum atomic E-state index is 0.714. The molecular formula is C17H26N2O2. The van der Waals surface area contributed by atoms with Gasteiger partial charge in [0.05, 0.1) is 7.11 Å². The fourth-order valence-corrected chi connectivity index (χ4v) is 3.94. The minimum Gasteiger partial charge on any atom is -0.493 e. The molecule has 1 aromatic rings. The summed E-state index contributed by atoms with van der Waals surface area (Å²) >= 11 is 0. The molecule has 3 rings (SSSR count). The molecule has 21 heavy (non-hydrogen) atoms. The van der Waals surface area contributed by atoms with E-state index in [4.69, 9.17) is 9.47 Å². The predicted molar refractivity (Wildman–Crippen MR) is 84.0 cm³/mol. The van der Waals surface area contributed by atoms with Crippen LogP contribution in [0.15, 0.2) is 24.3 Å². The highest BCUT2D eigenvalue weighted by molar-refractivity contribution is 5.39. The van der Waals surface area contributed by atoms with E-state index in [2.05, 4.69) is 17.1 Å². The van der Waals surface area contributed by atoms with E-state index in [1.165, 1.54) is 26.1 Å². The van der Waals surface area contributed by atoms with Crippen LogP contribution >= 0.6 is 0 Å². The maximum absolute atomic E-state index is 5.92. The molecule has 2 saturated heterocycles. The molecule has 4 nitrogen and oxygen atoms in total. The number of likely N-dealkylation sites (tertiary alicyclic amines) is 1. The molecule has 0 aromatic heterocycles. The summed E-state index contributed by atoms with van der Waals surface area (Å²) in [5, 5.41) is 3.53. The average Bonchev–Trinajstić information content (AvgIpc) is 3.08. The zero-order chi connectivity index (χ0) is 14.7. The summed E-state index contributed by atoms with van der Waals surface area (Å²) in [6.07, 6.45) is 1.23. The third-order valence-corrected chi connectivity index (χ3v) is 4.95. The number of ether oxygens (including phenoxy) is 2. The first-order valence-electron chi connectivity index (χ1n) is 8.04. The van der Waals surface area contributed by atoms with E-state index in [1.807, 2.05) is 24.3 Å². The van der Waals surface area contributed by atoms with Crippen LogP contribution in [0.4, 0.5) is 0 Å². The Morgan fingerprint density at radius 3 is 2.81 bits per heavy atom. The molecule has 3 unspecified atom stereocenters. The molecule has 2 fully saturated rings. The van der Waals surface area contributed by atoms with Gasteiger partial charge in [0.15, 0.2) is 11.5 Å². The highest BCUT2D eigenvalue weighted by Gasteiger charge is 2.42. The molecule has 1 N–H and O–H groups in total. The predicted octanol–water partition coefficient (Wildman–Crippen LogP) is 2.00. The quantitative estimate of drug-likeness (QED) is 0.869. The normalized spacial score (nSPS) is 28.6. The van der Waals surface area contributed by atoms with Gasteiger partial charge in [-0.1, -0.05) is 19.1 Å². The number of benzene rings is 1. The molecule has 116 valence electrons. The molecule has 0 aliphatic carbocycles. The first kappa shape index (κ1) is 14.7. The van der Waals surface area contributed by atoms with Gasteiger partial charge in [-0.3, -0.25) is 4.90 Å². The van der Waals surface area contributed by atoms with Gasteiger partial charge < -0.3 is 14.8 Å². The Morgan fingerprint density at radius 2 is 2.05 bits per heavy atom. The summed E-state index contributed by atoms with van der Waals surface area (Å²) in [5.41, 5.74) is 0. The highest BCUT2D eigenvalue weighted by Crippen LogP contribution is 2.34. The molecule has 3 atom stereocenters. The van der Waals surface area contributed by atoms with Crippen LogP contribution in [-0.2, 0) is 0 Å². The van der Waals surface area contributed by atoms with E-state index in [0.29, 0.717) is 6.04 Å². The fourth-order valence-electron chi connectivity index (χ4n) is 3.94. The maximum atomic E-state index is 5.92. The van der Waals surface area contributed by atoms with Crippen molar-refractivity contribution < 1.29 is 9.47 Å². The van der Waals surface area contributed by atoms with Crippen LogP contribution in [0, 0.1) is 11.8 Å². The summed E-state index contributed by atoms with van der Waals surface area (Å²) in [6.45, 7) is 7.62. The van der Waals surface area contributed by atoms with E-state index in [0.717, 1.165) is 36.5 Å². The zero-order valence-corrected chi connectivity index (χ0v) is 13.0. The van der Waals surface area contributed by atoms with Crippen molar-refractivity contribution in [1.29, 1.82) is 0 Å². The van der Waals surface area contributed by atoms with Crippen molar-refractivity contribution >= 4 is 0 Å². The zero-order valence-electron chi connectivity index (χ0n) is 13.0. The topological polar surface area (TPSA) is 33.7 Å². The largest absolute Gasteiger partial charge is 0.493 e. The van der Waals surface area contributed by atoms with Gasteiger partial charge in [0.2, 0.25) is 0 Å². The van der Waals surface area contributed by atoms with Gasteiger partial charge >= 0.3 is 0 Å². The lowest BCUT2D eigenvalue weighted by Gasteiger charge is -2.26. The van der Waals surface area contributed by atoms with E-state index in [1.54, 1.807) is 7.11 Å². The van der Waals surface area contributed by atoms with Crippen LogP contribution in [0.1, 0.15) is 13.3 Å². The second-order valence-electron chi connectivity index (χ2n) is 6.05. The van der Waals surface area contributed by atoms with Crippen LogP contribution in [-0.4, -0.2) is 50.8 Å². The van der Waals surface area contributed by atoms with E-state index >= 15 is 0 Å². The number of methoxy groups -OCH3 is 1. The lowest BCUT2D eigenvalue weighted by atomic mass is 9.93. The number of nitrogens with zero attached hydrogens (tertiary/aromatic N) is 1. The molecule has 0 saturated carbocycles. The van der Waals surface area contributed by atoms with Crippen molar-refractivity contribution in [2.45, 2.75) is 19.4 Å². The van der Waals surface area contributed by atoms with Crippen LogP contribution in [0.5, 0.6) is 11.5 Å². The molecule has 0 spiro atoms. The smallest absolute Gasteiger partial charge is 0.161 e. The highest BCUT2D eigenvalue weighted by atomic mass is 16.5. The van der Waals surface area contributed by atoms with Crippen molar-refractivity contribution in [3.63, 3.8) is 0 Å². The summed E-state index contributed by atoms with van der Waals surface area (Å²) in [4.78, 5) is 2.62. The second kappa shape index (κ2) is 6.67. The molecule has 0 bridgehead atoms. The number of rotatable bonds is 6. The van der Waals surface area contributed by atoms with Gasteiger partial charge in [0, 0.05) is 19.1 Å². The number of para-hydroxylation sites is 2. The molecule has 2 heterocycles. The Morgan fingerprint density at radius 1 is 1.24 bits per heavy atom. The van der Waals surface area contributed by atoms with Gasteiger partial charge in [0.1, 0.15) is 6.61 Å². The first-order valence-corrected chi connectivity index (χ1v) is 8.04. The van der Waals surface area contributed by atoms with Crippen molar-refractivity contribution in [3.8, 4) is 11.5 Å². The number of nitrogens with one attached hydrogen (secondary N) is 1. The lowest BCUT2D eigenvalue weighted by molar-refractivity contribution is 0.174. The van der Waals surface area contributed by atoms with Crippen molar-refractivity contribution in [2.75, 3.05) is 39.9 Å². The summed E-state index contributed by atoms with van der Waals surface area (Å²) < 4.78 is 11.2. The Balaban J connectivity index is 1.53. The summed E-state index contributed by atoms with van der Waals surface area (Å²) in [7, 11) is 1.68. The number of fused-ring (bicyclic) bond motifs is 1. The van der Waals surface area contributed by atoms with E-state index < -0.39 is 0 Å². The van der Waals surface area contributed by atoms with Crippen LogP contribution in [0.3, 0.4) is 0 Å². The standard InChI is InChI=1S/C17H26N2O2/c1-3-15-14-11-18-10-13(14)12-19(15)8-9-21-17-7-5-4-6-16(17)20-2/h4-7,13-15,18H,3,8-12H2,1-2H3.